The first-order valence-electron chi connectivity index (χ1n) is 5.54. The van der Waals surface area contributed by atoms with E-state index < -0.39 is 0 Å². The lowest BCUT2D eigenvalue weighted by Gasteiger charge is -2.14. The summed E-state index contributed by atoms with van der Waals surface area (Å²) in [4.78, 5) is 18.9. The highest BCUT2D eigenvalue weighted by Crippen LogP contribution is 2.27. The summed E-state index contributed by atoms with van der Waals surface area (Å²) in [7, 11) is 1.69. The van der Waals surface area contributed by atoms with Crippen LogP contribution in [0.3, 0.4) is 0 Å². The van der Waals surface area contributed by atoms with E-state index in [1.807, 2.05) is 22.9 Å². The zero-order valence-electron chi connectivity index (χ0n) is 10.00. The zero-order chi connectivity index (χ0) is 13.0. The molecule has 0 saturated heterocycles. The number of amides is 1. The van der Waals surface area contributed by atoms with Gasteiger partial charge >= 0.3 is 0 Å². The molecule has 2 rings (SSSR count). The smallest absolute Gasteiger partial charge is 0.228 e. The van der Waals surface area contributed by atoms with Crippen molar-refractivity contribution in [1.29, 1.82) is 0 Å². The SMILES string of the molecule is CN(CCO)C(=O)Cc1csc(-c2cccs2)n1. The minimum atomic E-state index is -0.0212. The number of aromatic nitrogens is 1. The van der Waals surface area contributed by atoms with Crippen molar-refractivity contribution in [3.63, 3.8) is 0 Å². The van der Waals surface area contributed by atoms with Gasteiger partial charge in [-0.25, -0.2) is 4.98 Å². The first-order valence-corrected chi connectivity index (χ1v) is 7.29. The van der Waals surface area contributed by atoms with Crippen LogP contribution in [0.4, 0.5) is 0 Å². The van der Waals surface area contributed by atoms with Crippen LogP contribution < -0.4 is 0 Å². The van der Waals surface area contributed by atoms with Crippen molar-refractivity contribution in [2.24, 2.45) is 0 Å². The minimum absolute atomic E-state index is 0.0141. The van der Waals surface area contributed by atoms with E-state index in [1.165, 1.54) is 4.90 Å². The number of nitrogens with zero attached hydrogens (tertiary/aromatic N) is 2. The van der Waals surface area contributed by atoms with Gasteiger partial charge in [-0.05, 0) is 11.4 Å². The van der Waals surface area contributed by atoms with Gasteiger partial charge in [-0.15, -0.1) is 22.7 Å². The highest BCUT2D eigenvalue weighted by Gasteiger charge is 2.12. The molecule has 2 heterocycles. The van der Waals surface area contributed by atoms with Crippen molar-refractivity contribution < 1.29 is 9.90 Å². The fourth-order valence-corrected chi connectivity index (χ4v) is 3.10. The van der Waals surface area contributed by atoms with Crippen LogP contribution in [0.5, 0.6) is 0 Å². The Kier molecular flexibility index (Phi) is 4.46. The third kappa shape index (κ3) is 3.16. The van der Waals surface area contributed by atoms with E-state index in [1.54, 1.807) is 29.7 Å². The van der Waals surface area contributed by atoms with Crippen molar-refractivity contribution in [2.75, 3.05) is 20.2 Å². The molecule has 0 aliphatic heterocycles. The number of rotatable bonds is 5. The third-order valence-electron chi connectivity index (χ3n) is 2.48. The Morgan fingerprint density at radius 2 is 2.33 bits per heavy atom. The molecule has 18 heavy (non-hydrogen) atoms. The average molecular weight is 282 g/mol. The van der Waals surface area contributed by atoms with Gasteiger partial charge in [0, 0.05) is 19.0 Å². The van der Waals surface area contributed by atoms with Crippen LogP contribution in [0.2, 0.25) is 0 Å². The molecule has 0 aromatic carbocycles. The van der Waals surface area contributed by atoms with E-state index in [4.69, 9.17) is 5.11 Å². The van der Waals surface area contributed by atoms with Gasteiger partial charge < -0.3 is 10.0 Å². The molecular weight excluding hydrogens is 268 g/mol. The molecular formula is C12H14N2O2S2. The molecule has 1 N–H and O–H groups in total. The van der Waals surface area contributed by atoms with Crippen molar-refractivity contribution in [3.05, 3.63) is 28.6 Å². The Morgan fingerprint density at radius 1 is 1.50 bits per heavy atom. The molecule has 0 saturated carbocycles. The maximum Gasteiger partial charge on any atom is 0.228 e. The van der Waals surface area contributed by atoms with Crippen molar-refractivity contribution in [2.45, 2.75) is 6.42 Å². The van der Waals surface area contributed by atoms with Crippen LogP contribution in [0.15, 0.2) is 22.9 Å². The number of thiophene rings is 1. The molecule has 0 unspecified atom stereocenters. The number of aliphatic hydroxyl groups is 1. The Morgan fingerprint density at radius 3 is 3.00 bits per heavy atom. The van der Waals surface area contributed by atoms with E-state index in [9.17, 15) is 4.79 Å². The van der Waals surface area contributed by atoms with Crippen molar-refractivity contribution in [3.8, 4) is 9.88 Å². The molecule has 96 valence electrons. The van der Waals surface area contributed by atoms with Crippen molar-refractivity contribution in [1.82, 2.24) is 9.88 Å². The monoisotopic (exact) mass is 282 g/mol. The first kappa shape index (κ1) is 13.2. The summed E-state index contributed by atoms with van der Waals surface area (Å²) in [5.41, 5.74) is 0.790. The van der Waals surface area contributed by atoms with Gasteiger partial charge in [-0.2, -0.15) is 0 Å². The lowest BCUT2D eigenvalue weighted by atomic mass is 10.3. The Bertz CT molecular complexity index is 508. The molecule has 0 fully saturated rings. The number of carbonyl (C=O) groups excluding carboxylic acids is 1. The fourth-order valence-electron chi connectivity index (χ4n) is 1.47. The van der Waals surface area contributed by atoms with E-state index in [0.29, 0.717) is 13.0 Å². The standard InChI is InChI=1S/C12H14N2O2S2/c1-14(4-5-15)11(16)7-9-8-18-12(13-9)10-3-2-6-17-10/h2-3,6,8,15H,4-5,7H2,1H3. The molecule has 0 bridgehead atoms. The minimum Gasteiger partial charge on any atom is -0.395 e. The summed E-state index contributed by atoms with van der Waals surface area (Å²) in [6.45, 7) is 0.348. The number of hydrogen-bond acceptors (Lipinski definition) is 5. The van der Waals surface area contributed by atoms with Crippen LogP contribution in [0.25, 0.3) is 9.88 Å². The van der Waals surface area contributed by atoms with E-state index >= 15 is 0 Å². The molecule has 6 heteroatoms. The summed E-state index contributed by atoms with van der Waals surface area (Å²) in [5, 5.41) is 13.7. The Hall–Kier alpha value is -1.24. The van der Waals surface area contributed by atoms with Crippen LogP contribution in [0, 0.1) is 0 Å². The second-order valence-corrected chi connectivity index (χ2v) is 5.64. The average Bonchev–Trinajstić information content (AvgIpc) is 2.98. The molecule has 1 amide bonds. The first-order chi connectivity index (χ1) is 8.70. The summed E-state index contributed by atoms with van der Waals surface area (Å²) in [6, 6.07) is 4.01. The van der Waals surface area contributed by atoms with E-state index in [-0.39, 0.29) is 12.5 Å². The zero-order valence-corrected chi connectivity index (χ0v) is 11.6. The van der Waals surface area contributed by atoms with Gasteiger partial charge in [0.2, 0.25) is 5.91 Å². The summed E-state index contributed by atoms with van der Waals surface area (Å²) in [6.07, 6.45) is 0.290. The predicted molar refractivity (Wildman–Crippen MR) is 73.9 cm³/mol. The lowest BCUT2D eigenvalue weighted by Crippen LogP contribution is -2.30. The number of likely N-dealkylation sites (N-methyl/N-ethyl adjacent to an activating group) is 1. The maximum atomic E-state index is 11.8. The van der Waals surface area contributed by atoms with Crippen LogP contribution in [-0.2, 0) is 11.2 Å². The molecule has 2 aromatic rings. The number of aliphatic hydroxyl groups excluding tert-OH is 1. The van der Waals surface area contributed by atoms with Gasteiger partial charge in [0.15, 0.2) is 0 Å². The number of thiazole rings is 1. The molecule has 0 atom stereocenters. The number of hydrogen-bond donors (Lipinski definition) is 1. The van der Waals surface area contributed by atoms with E-state index in [0.717, 1.165) is 15.6 Å². The van der Waals surface area contributed by atoms with Gasteiger partial charge in [-0.1, -0.05) is 6.07 Å². The molecule has 4 nitrogen and oxygen atoms in total. The van der Waals surface area contributed by atoms with Gasteiger partial charge in [-0.3, -0.25) is 4.79 Å². The van der Waals surface area contributed by atoms with Gasteiger partial charge in [0.25, 0.3) is 0 Å². The third-order valence-corrected chi connectivity index (χ3v) is 4.41. The van der Waals surface area contributed by atoms with Crippen LogP contribution >= 0.6 is 22.7 Å². The van der Waals surface area contributed by atoms with Gasteiger partial charge in [0.05, 0.1) is 23.6 Å². The second kappa shape index (κ2) is 6.08. The predicted octanol–water partition coefficient (Wildman–Crippen LogP) is 1.86. The maximum absolute atomic E-state index is 11.8. The van der Waals surface area contributed by atoms with Crippen LogP contribution in [-0.4, -0.2) is 41.1 Å². The van der Waals surface area contributed by atoms with Crippen LogP contribution in [0.1, 0.15) is 5.69 Å². The number of carbonyl (C=O) groups is 1. The van der Waals surface area contributed by atoms with E-state index in [2.05, 4.69) is 4.98 Å². The Labute approximate surface area is 114 Å². The molecule has 0 aliphatic carbocycles. The van der Waals surface area contributed by atoms with Crippen molar-refractivity contribution >= 4 is 28.6 Å². The lowest BCUT2D eigenvalue weighted by molar-refractivity contribution is -0.129. The summed E-state index contributed by atoms with van der Waals surface area (Å²) >= 11 is 3.20. The molecule has 2 aromatic heterocycles. The second-order valence-electron chi connectivity index (χ2n) is 3.84. The normalized spacial score (nSPS) is 10.6. The summed E-state index contributed by atoms with van der Waals surface area (Å²) < 4.78 is 0. The largest absolute Gasteiger partial charge is 0.395 e. The Balaban J connectivity index is 2.01. The fraction of sp³-hybridized carbons (Fsp3) is 0.333. The molecule has 0 aliphatic rings. The highest BCUT2D eigenvalue weighted by molar-refractivity contribution is 7.20. The molecule has 0 spiro atoms. The topological polar surface area (TPSA) is 53.4 Å². The quantitative estimate of drug-likeness (QED) is 0.911. The van der Waals surface area contributed by atoms with Gasteiger partial charge in [0.1, 0.15) is 5.01 Å². The highest BCUT2D eigenvalue weighted by atomic mass is 32.1. The summed E-state index contributed by atoms with van der Waals surface area (Å²) in [5.74, 6) is -0.0212. The molecule has 0 radical (unpaired) electrons.